The van der Waals surface area contributed by atoms with Crippen LogP contribution in [0.2, 0.25) is 0 Å². The maximum absolute atomic E-state index is 9.18. The van der Waals surface area contributed by atoms with Crippen molar-refractivity contribution >= 4 is 0 Å². The normalized spacial score (nSPS) is 9.89. The average molecular weight is 253 g/mol. The molecule has 1 heterocycles. The van der Waals surface area contributed by atoms with Gasteiger partial charge in [0.25, 0.3) is 0 Å². The number of benzene rings is 1. The fourth-order valence-electron chi connectivity index (χ4n) is 1.67. The Kier molecular flexibility index (Phi) is 4.49. The van der Waals surface area contributed by atoms with Crippen LogP contribution in [-0.4, -0.2) is 11.5 Å². The van der Waals surface area contributed by atoms with Crippen LogP contribution in [0.1, 0.15) is 18.1 Å². The van der Waals surface area contributed by atoms with Crippen molar-refractivity contribution in [3.63, 3.8) is 0 Å². The lowest BCUT2D eigenvalue weighted by Gasteiger charge is -2.09. The maximum Gasteiger partial charge on any atom is 0.145 e. The van der Waals surface area contributed by atoms with Gasteiger partial charge in [-0.05, 0) is 36.4 Å². The predicted octanol–water partition coefficient (Wildman–Crippen LogP) is 2.86. The molecule has 19 heavy (non-hydrogen) atoms. The Morgan fingerprint density at radius 3 is 2.95 bits per heavy atom. The lowest BCUT2D eigenvalue weighted by atomic mass is 10.1. The number of pyridine rings is 1. The van der Waals surface area contributed by atoms with E-state index >= 15 is 0 Å². The van der Waals surface area contributed by atoms with Gasteiger partial charge in [0.05, 0.1) is 11.8 Å². The first-order chi connectivity index (χ1) is 9.33. The second kappa shape index (κ2) is 6.53. The number of nitrogens with zero attached hydrogens (tertiary/aromatic N) is 2. The molecule has 0 aliphatic carbocycles. The number of ether oxygens (including phenoxy) is 1. The molecule has 0 spiro atoms. The predicted molar refractivity (Wildman–Crippen MR) is 72.8 cm³/mol. The van der Waals surface area contributed by atoms with E-state index in [0.717, 1.165) is 18.7 Å². The van der Waals surface area contributed by atoms with Gasteiger partial charge in [0, 0.05) is 12.7 Å². The minimum absolute atomic E-state index is 0.527. The number of nitriles is 1. The topological polar surface area (TPSA) is 57.9 Å². The van der Waals surface area contributed by atoms with E-state index in [0.29, 0.717) is 17.1 Å². The largest absolute Gasteiger partial charge is 0.454 e. The van der Waals surface area contributed by atoms with Gasteiger partial charge in [0.2, 0.25) is 0 Å². The lowest BCUT2D eigenvalue weighted by molar-refractivity contribution is 0.478. The van der Waals surface area contributed by atoms with Gasteiger partial charge in [-0.15, -0.1) is 0 Å². The third kappa shape index (κ3) is 3.54. The summed E-state index contributed by atoms with van der Waals surface area (Å²) < 4.78 is 5.65. The van der Waals surface area contributed by atoms with Gasteiger partial charge in [-0.25, -0.2) is 0 Å². The summed E-state index contributed by atoms with van der Waals surface area (Å²) >= 11 is 0. The van der Waals surface area contributed by atoms with Crippen molar-refractivity contribution in [3.8, 4) is 17.6 Å². The Balaban J connectivity index is 2.19. The molecule has 1 aromatic carbocycles. The van der Waals surface area contributed by atoms with Crippen LogP contribution in [0.3, 0.4) is 0 Å². The molecule has 0 saturated carbocycles. The highest BCUT2D eigenvalue weighted by molar-refractivity contribution is 5.47. The van der Waals surface area contributed by atoms with Crippen LogP contribution in [0.4, 0.5) is 0 Å². The van der Waals surface area contributed by atoms with Crippen molar-refractivity contribution in [2.24, 2.45) is 0 Å². The number of nitrogens with one attached hydrogen (secondary N) is 1. The van der Waals surface area contributed by atoms with Crippen molar-refractivity contribution < 1.29 is 4.74 Å². The fourth-order valence-corrected chi connectivity index (χ4v) is 1.67. The van der Waals surface area contributed by atoms with E-state index in [4.69, 9.17) is 4.74 Å². The number of hydrogen-bond donors (Lipinski definition) is 1. The van der Waals surface area contributed by atoms with Crippen molar-refractivity contribution in [1.82, 2.24) is 10.3 Å². The highest BCUT2D eigenvalue weighted by atomic mass is 16.5. The smallest absolute Gasteiger partial charge is 0.145 e. The first kappa shape index (κ1) is 13.1. The van der Waals surface area contributed by atoms with E-state index in [1.807, 2.05) is 25.1 Å². The van der Waals surface area contributed by atoms with Gasteiger partial charge in [-0.1, -0.05) is 13.0 Å². The molecule has 0 bridgehead atoms. The van der Waals surface area contributed by atoms with Crippen LogP contribution in [0.5, 0.6) is 11.5 Å². The molecular weight excluding hydrogens is 238 g/mol. The van der Waals surface area contributed by atoms with Crippen molar-refractivity contribution in [1.29, 1.82) is 5.26 Å². The highest BCUT2D eigenvalue weighted by Gasteiger charge is 2.06. The van der Waals surface area contributed by atoms with Gasteiger partial charge < -0.3 is 10.1 Å². The zero-order valence-corrected chi connectivity index (χ0v) is 10.8. The lowest BCUT2D eigenvalue weighted by Crippen LogP contribution is -2.11. The summed E-state index contributed by atoms with van der Waals surface area (Å²) in [4.78, 5) is 3.98. The molecule has 2 rings (SSSR count). The first-order valence-corrected chi connectivity index (χ1v) is 6.15. The van der Waals surface area contributed by atoms with Crippen LogP contribution in [0.25, 0.3) is 0 Å². The minimum Gasteiger partial charge on any atom is -0.454 e. The molecule has 1 N–H and O–H groups in total. The van der Waals surface area contributed by atoms with Gasteiger partial charge in [0.15, 0.2) is 0 Å². The molecule has 0 amide bonds. The molecule has 0 saturated heterocycles. The molecule has 0 radical (unpaired) electrons. The molecule has 0 atom stereocenters. The average Bonchev–Trinajstić information content (AvgIpc) is 2.47. The fraction of sp³-hybridized carbons (Fsp3) is 0.200. The van der Waals surface area contributed by atoms with Crippen molar-refractivity contribution in [3.05, 3.63) is 53.9 Å². The zero-order chi connectivity index (χ0) is 13.5. The minimum atomic E-state index is 0.527. The SMILES string of the molecule is CCNCc1ccc(Oc2cccnc2)c(C#N)c1. The Labute approximate surface area is 112 Å². The summed E-state index contributed by atoms with van der Waals surface area (Å²) in [5.41, 5.74) is 1.59. The van der Waals surface area contributed by atoms with Gasteiger partial charge in [-0.2, -0.15) is 5.26 Å². The molecule has 0 unspecified atom stereocenters. The van der Waals surface area contributed by atoms with E-state index in [9.17, 15) is 5.26 Å². The molecule has 1 aromatic heterocycles. The molecular formula is C15H15N3O. The van der Waals surface area contributed by atoms with Crippen LogP contribution in [0.15, 0.2) is 42.7 Å². The third-order valence-electron chi connectivity index (χ3n) is 2.61. The second-order valence-corrected chi connectivity index (χ2v) is 4.01. The Morgan fingerprint density at radius 2 is 2.26 bits per heavy atom. The van der Waals surface area contributed by atoms with Gasteiger partial charge >= 0.3 is 0 Å². The summed E-state index contributed by atoms with van der Waals surface area (Å²) in [5, 5.41) is 12.4. The number of hydrogen-bond acceptors (Lipinski definition) is 4. The molecule has 96 valence electrons. The summed E-state index contributed by atoms with van der Waals surface area (Å²) in [6.07, 6.45) is 3.30. The Hall–Kier alpha value is -2.38. The monoisotopic (exact) mass is 253 g/mol. The number of rotatable bonds is 5. The van der Waals surface area contributed by atoms with E-state index < -0.39 is 0 Å². The van der Waals surface area contributed by atoms with E-state index in [1.165, 1.54) is 0 Å². The summed E-state index contributed by atoms with van der Waals surface area (Å²) in [6.45, 7) is 3.69. The van der Waals surface area contributed by atoms with Crippen LogP contribution < -0.4 is 10.1 Å². The van der Waals surface area contributed by atoms with Crippen LogP contribution >= 0.6 is 0 Å². The highest BCUT2D eigenvalue weighted by Crippen LogP contribution is 2.25. The zero-order valence-electron chi connectivity index (χ0n) is 10.8. The Morgan fingerprint density at radius 1 is 1.37 bits per heavy atom. The van der Waals surface area contributed by atoms with Gasteiger partial charge in [-0.3, -0.25) is 4.98 Å². The van der Waals surface area contributed by atoms with E-state index in [-0.39, 0.29) is 0 Å². The second-order valence-electron chi connectivity index (χ2n) is 4.01. The molecule has 0 aliphatic heterocycles. The van der Waals surface area contributed by atoms with Crippen molar-refractivity contribution in [2.75, 3.05) is 6.54 Å². The quantitative estimate of drug-likeness (QED) is 0.890. The molecule has 0 fully saturated rings. The van der Waals surface area contributed by atoms with Crippen LogP contribution in [-0.2, 0) is 6.54 Å². The van der Waals surface area contributed by atoms with E-state index in [2.05, 4.69) is 16.4 Å². The summed E-state index contributed by atoms with van der Waals surface area (Å²) in [7, 11) is 0. The van der Waals surface area contributed by atoms with Gasteiger partial charge in [0.1, 0.15) is 17.6 Å². The molecule has 4 nitrogen and oxygen atoms in total. The number of aromatic nitrogens is 1. The standard InChI is InChI=1S/C15H15N3O/c1-2-17-10-12-5-6-15(13(8-12)9-16)19-14-4-3-7-18-11-14/h3-8,11,17H,2,10H2,1H3. The molecule has 4 heteroatoms. The van der Waals surface area contributed by atoms with Crippen molar-refractivity contribution in [2.45, 2.75) is 13.5 Å². The van der Waals surface area contributed by atoms with Crippen LogP contribution in [0, 0.1) is 11.3 Å². The third-order valence-corrected chi connectivity index (χ3v) is 2.61. The molecule has 2 aromatic rings. The summed E-state index contributed by atoms with van der Waals surface area (Å²) in [5.74, 6) is 1.18. The molecule has 0 aliphatic rings. The Bertz CT molecular complexity index is 576. The first-order valence-electron chi connectivity index (χ1n) is 6.15. The van der Waals surface area contributed by atoms with E-state index in [1.54, 1.807) is 24.5 Å². The summed E-state index contributed by atoms with van der Waals surface area (Å²) in [6, 6.07) is 11.4. The maximum atomic E-state index is 9.18.